The van der Waals surface area contributed by atoms with E-state index in [2.05, 4.69) is 47.8 Å². The van der Waals surface area contributed by atoms with Crippen LogP contribution in [0.15, 0.2) is 30.3 Å². The van der Waals surface area contributed by atoms with E-state index in [0.717, 1.165) is 5.56 Å². The molecule has 0 aromatic heterocycles. The molecule has 0 saturated carbocycles. The van der Waals surface area contributed by atoms with E-state index in [1.807, 2.05) is 30.3 Å². The maximum atomic E-state index is 11.2. The fourth-order valence-corrected chi connectivity index (χ4v) is 2.25. The summed E-state index contributed by atoms with van der Waals surface area (Å²) in [5.74, 6) is -0.648. The third-order valence-corrected chi connectivity index (χ3v) is 3.22. The van der Waals surface area contributed by atoms with E-state index in [1.54, 1.807) is 0 Å². The van der Waals surface area contributed by atoms with E-state index in [9.17, 15) is 4.79 Å². The first-order chi connectivity index (χ1) is 7.45. The maximum absolute atomic E-state index is 11.2. The van der Waals surface area contributed by atoms with Crippen molar-refractivity contribution in [2.75, 3.05) is 5.88 Å². The van der Waals surface area contributed by atoms with Gasteiger partial charge in [-0.1, -0.05) is 78.1 Å². The number of carbonyl (C=O) groups excluding carboxylic acids is 1. The highest BCUT2D eigenvalue weighted by atomic mass is 80.0. The van der Waals surface area contributed by atoms with Gasteiger partial charge in [0.1, 0.15) is 5.88 Å². The minimum atomic E-state index is -0.712. The molecule has 0 fully saturated rings. The molecule has 1 atom stereocenters. The van der Waals surface area contributed by atoms with Crippen molar-refractivity contribution in [1.29, 1.82) is 0 Å². The van der Waals surface area contributed by atoms with Crippen LogP contribution < -0.4 is 0 Å². The Hall–Kier alpha value is 0.420. The third kappa shape index (κ3) is 4.35. The van der Waals surface area contributed by atoms with Gasteiger partial charge in [-0.05, 0) is 5.56 Å². The molecule has 0 aliphatic carbocycles. The molecule has 88 valence electrons. The van der Waals surface area contributed by atoms with Gasteiger partial charge in [0.05, 0.1) is 0 Å². The molecule has 0 aliphatic rings. The van der Waals surface area contributed by atoms with Gasteiger partial charge in [0.15, 0.2) is 8.25 Å². The van der Waals surface area contributed by atoms with Crippen molar-refractivity contribution in [3.05, 3.63) is 35.9 Å². The second kappa shape index (κ2) is 6.38. The Kier molecular flexibility index (Phi) is 5.77. The number of hydrogen-bond acceptors (Lipinski definition) is 2. The number of alkyl halides is 4. The summed E-state index contributed by atoms with van der Waals surface area (Å²) in [5, 5.41) is 0. The van der Waals surface area contributed by atoms with Gasteiger partial charge in [-0.25, -0.2) is 0 Å². The number of carbonyl (C=O) groups is 1. The van der Waals surface area contributed by atoms with Crippen LogP contribution in [-0.4, -0.2) is 14.0 Å². The molecule has 0 aliphatic heterocycles. The predicted octanol–water partition coefficient (Wildman–Crippen LogP) is 4.35. The van der Waals surface area contributed by atoms with Crippen LogP contribution in [0.1, 0.15) is 11.7 Å². The van der Waals surface area contributed by atoms with Crippen molar-refractivity contribution in [3.63, 3.8) is 0 Å². The molecule has 0 N–H and O–H groups in total. The predicted molar refractivity (Wildman–Crippen MR) is 75.5 cm³/mol. The standard InChI is InChI=1S/C10H8Br3ClO2/c11-10(12,13)9(16-8(15)6-14)7-4-2-1-3-5-7/h1-5,9H,6H2. The summed E-state index contributed by atoms with van der Waals surface area (Å²) < 4.78 is 4.53. The lowest BCUT2D eigenvalue weighted by Gasteiger charge is -2.25. The molecule has 0 radical (unpaired) electrons. The summed E-state index contributed by atoms with van der Waals surface area (Å²) in [6.45, 7) is 0. The summed E-state index contributed by atoms with van der Waals surface area (Å²) >= 11 is 15.5. The lowest BCUT2D eigenvalue weighted by Crippen LogP contribution is -2.22. The van der Waals surface area contributed by atoms with E-state index in [4.69, 9.17) is 16.3 Å². The summed E-state index contributed by atoms with van der Waals surface area (Å²) in [4.78, 5) is 11.2. The van der Waals surface area contributed by atoms with Gasteiger partial charge < -0.3 is 4.74 Å². The van der Waals surface area contributed by atoms with Gasteiger partial charge in [0.2, 0.25) is 0 Å². The van der Waals surface area contributed by atoms with Gasteiger partial charge in [0, 0.05) is 0 Å². The number of rotatable bonds is 3. The van der Waals surface area contributed by atoms with Crippen molar-refractivity contribution in [2.24, 2.45) is 0 Å². The molecule has 1 rings (SSSR count). The maximum Gasteiger partial charge on any atom is 0.321 e. The molecule has 0 saturated heterocycles. The molecule has 2 nitrogen and oxygen atoms in total. The number of halogens is 4. The topological polar surface area (TPSA) is 26.3 Å². The summed E-state index contributed by atoms with van der Waals surface area (Å²) in [6, 6.07) is 9.36. The highest BCUT2D eigenvalue weighted by molar-refractivity contribution is 9.39. The van der Waals surface area contributed by atoms with Crippen LogP contribution in [0.5, 0.6) is 0 Å². The van der Waals surface area contributed by atoms with Crippen molar-refractivity contribution >= 4 is 65.4 Å². The molecule has 1 unspecified atom stereocenters. The van der Waals surface area contributed by atoms with Gasteiger partial charge in [-0.15, -0.1) is 11.6 Å². The van der Waals surface area contributed by atoms with E-state index in [0.29, 0.717) is 0 Å². The number of esters is 1. The summed E-state index contributed by atoms with van der Waals surface area (Å²) in [6.07, 6.45) is -0.514. The Morgan fingerprint density at radius 1 is 1.31 bits per heavy atom. The van der Waals surface area contributed by atoms with Crippen LogP contribution in [0.2, 0.25) is 0 Å². The zero-order chi connectivity index (χ0) is 12.2. The lowest BCUT2D eigenvalue weighted by molar-refractivity contribution is -0.145. The second-order valence-electron chi connectivity index (χ2n) is 2.96. The number of ether oxygens (including phenoxy) is 1. The first-order valence-electron chi connectivity index (χ1n) is 4.32. The largest absolute Gasteiger partial charge is 0.453 e. The Balaban J connectivity index is 2.93. The molecule has 0 bridgehead atoms. The van der Waals surface area contributed by atoms with Crippen LogP contribution in [0.25, 0.3) is 0 Å². The van der Waals surface area contributed by atoms with Crippen molar-refractivity contribution in [1.82, 2.24) is 0 Å². The zero-order valence-corrected chi connectivity index (χ0v) is 13.5. The van der Waals surface area contributed by atoms with E-state index in [-0.39, 0.29) is 5.88 Å². The highest BCUT2D eigenvalue weighted by Gasteiger charge is 2.35. The monoisotopic (exact) mass is 432 g/mol. The van der Waals surface area contributed by atoms with Gasteiger partial charge in [0.25, 0.3) is 0 Å². The Labute approximate surface area is 124 Å². The first-order valence-corrected chi connectivity index (χ1v) is 7.23. The molecule has 6 heteroatoms. The molecule has 1 aromatic carbocycles. The van der Waals surface area contributed by atoms with Crippen molar-refractivity contribution in [3.8, 4) is 0 Å². The Morgan fingerprint density at radius 3 is 2.31 bits per heavy atom. The molecule has 1 aromatic rings. The summed E-state index contributed by atoms with van der Waals surface area (Å²) in [7, 11) is 0. The van der Waals surface area contributed by atoms with Gasteiger partial charge >= 0.3 is 5.97 Å². The van der Waals surface area contributed by atoms with Crippen LogP contribution in [-0.2, 0) is 9.53 Å². The van der Waals surface area contributed by atoms with Gasteiger partial charge in [-0.2, -0.15) is 0 Å². The van der Waals surface area contributed by atoms with E-state index in [1.165, 1.54) is 0 Å². The third-order valence-electron chi connectivity index (χ3n) is 1.76. The zero-order valence-electron chi connectivity index (χ0n) is 8.00. The Morgan fingerprint density at radius 2 is 1.88 bits per heavy atom. The average molecular weight is 435 g/mol. The fraction of sp³-hybridized carbons (Fsp3) is 0.300. The first kappa shape index (κ1) is 14.5. The molecular weight excluding hydrogens is 427 g/mol. The second-order valence-corrected chi connectivity index (χ2v) is 10.2. The normalized spacial score (nSPS) is 13.2. The SMILES string of the molecule is O=C(CCl)OC(c1ccccc1)C(Br)(Br)Br. The number of hydrogen-bond donors (Lipinski definition) is 0. The average Bonchev–Trinajstić information content (AvgIpc) is 2.25. The molecule has 16 heavy (non-hydrogen) atoms. The molecule has 0 heterocycles. The van der Waals surface area contributed by atoms with Crippen LogP contribution in [0, 0.1) is 0 Å². The van der Waals surface area contributed by atoms with Crippen LogP contribution >= 0.6 is 59.4 Å². The minimum absolute atomic E-state index is 0.174. The van der Waals surface area contributed by atoms with Crippen molar-refractivity contribution < 1.29 is 9.53 Å². The molecule has 0 spiro atoms. The Bertz CT molecular complexity index is 351. The van der Waals surface area contributed by atoms with Crippen LogP contribution in [0.4, 0.5) is 0 Å². The lowest BCUT2D eigenvalue weighted by atomic mass is 10.1. The fourth-order valence-electron chi connectivity index (χ4n) is 1.11. The smallest absolute Gasteiger partial charge is 0.321 e. The quantitative estimate of drug-likeness (QED) is 0.522. The van der Waals surface area contributed by atoms with Crippen molar-refractivity contribution in [2.45, 2.75) is 8.25 Å². The van der Waals surface area contributed by atoms with Crippen LogP contribution in [0.3, 0.4) is 0 Å². The number of benzene rings is 1. The summed E-state index contributed by atoms with van der Waals surface area (Å²) in [5.41, 5.74) is 0.853. The minimum Gasteiger partial charge on any atom is -0.453 e. The van der Waals surface area contributed by atoms with E-state index >= 15 is 0 Å². The molecule has 0 amide bonds. The van der Waals surface area contributed by atoms with E-state index < -0.39 is 14.2 Å². The molecular formula is C10H8Br3ClO2. The van der Waals surface area contributed by atoms with Gasteiger partial charge in [-0.3, -0.25) is 4.79 Å². The highest BCUT2D eigenvalue weighted by Crippen LogP contribution is 2.47.